The van der Waals surface area contributed by atoms with Crippen LogP contribution in [0.5, 0.6) is 0 Å². The van der Waals surface area contributed by atoms with Gasteiger partial charge in [-0.25, -0.2) is 0 Å². The zero-order valence-corrected chi connectivity index (χ0v) is 11.8. The number of carbonyl (C=O) groups is 1. The van der Waals surface area contributed by atoms with E-state index >= 15 is 0 Å². The lowest BCUT2D eigenvalue weighted by molar-refractivity contribution is -0.141. The van der Waals surface area contributed by atoms with Gasteiger partial charge in [-0.3, -0.25) is 4.79 Å². The Morgan fingerprint density at radius 3 is 2.28 bits per heavy atom. The fourth-order valence-electron chi connectivity index (χ4n) is 2.14. The monoisotopic (exact) mass is 278 g/mol. The minimum absolute atomic E-state index is 0.0988. The van der Waals surface area contributed by atoms with E-state index in [4.69, 9.17) is 5.11 Å². The van der Waals surface area contributed by atoms with Crippen molar-refractivity contribution in [2.24, 2.45) is 5.92 Å². The van der Waals surface area contributed by atoms with Crippen LogP contribution in [0, 0.1) is 5.92 Å². The summed E-state index contributed by atoms with van der Waals surface area (Å²) < 4.78 is 27.4. The average Bonchev–Trinajstić information content (AvgIpc) is 2.78. The number of carboxylic acid groups (broad SMARTS) is 1. The van der Waals surface area contributed by atoms with E-state index in [0.717, 1.165) is 12.8 Å². The molecular formula is C11H22N2O4S. The number of aliphatic carboxylic acids is 1. The van der Waals surface area contributed by atoms with Crippen LogP contribution < -0.4 is 0 Å². The molecular weight excluding hydrogens is 256 g/mol. The van der Waals surface area contributed by atoms with Crippen molar-refractivity contribution in [3.8, 4) is 0 Å². The molecule has 1 N–H and O–H groups in total. The SMILES string of the molecule is CCCN(CCC)S(=O)(=O)N1CCC(C(=O)O)C1. The molecule has 106 valence electrons. The van der Waals surface area contributed by atoms with E-state index in [0.29, 0.717) is 26.1 Å². The van der Waals surface area contributed by atoms with Crippen molar-refractivity contribution in [3.05, 3.63) is 0 Å². The summed E-state index contributed by atoms with van der Waals surface area (Å²) in [7, 11) is -3.49. The van der Waals surface area contributed by atoms with Crippen molar-refractivity contribution < 1.29 is 18.3 Å². The molecule has 0 radical (unpaired) electrons. The topological polar surface area (TPSA) is 77.9 Å². The van der Waals surface area contributed by atoms with Gasteiger partial charge in [-0.05, 0) is 19.3 Å². The Kier molecular flexibility index (Phi) is 5.55. The fraction of sp³-hybridized carbons (Fsp3) is 0.909. The van der Waals surface area contributed by atoms with Gasteiger partial charge in [0.1, 0.15) is 0 Å². The highest BCUT2D eigenvalue weighted by Crippen LogP contribution is 2.22. The summed E-state index contributed by atoms with van der Waals surface area (Å²) in [5.74, 6) is -1.48. The molecule has 0 amide bonds. The minimum atomic E-state index is -3.49. The van der Waals surface area contributed by atoms with Crippen LogP contribution in [-0.4, -0.2) is 54.3 Å². The highest BCUT2D eigenvalue weighted by atomic mass is 32.2. The third-order valence-electron chi connectivity index (χ3n) is 3.10. The maximum absolute atomic E-state index is 12.3. The molecule has 0 aromatic heterocycles. The van der Waals surface area contributed by atoms with Gasteiger partial charge in [-0.15, -0.1) is 0 Å². The van der Waals surface area contributed by atoms with E-state index in [9.17, 15) is 13.2 Å². The first-order valence-electron chi connectivity index (χ1n) is 6.41. The maximum Gasteiger partial charge on any atom is 0.307 e. The Morgan fingerprint density at radius 1 is 1.33 bits per heavy atom. The number of carboxylic acids is 1. The molecule has 18 heavy (non-hydrogen) atoms. The molecule has 0 bridgehead atoms. The Balaban J connectivity index is 2.76. The summed E-state index contributed by atoms with van der Waals surface area (Å²) in [4.78, 5) is 10.9. The Labute approximate surface area is 109 Å². The lowest BCUT2D eigenvalue weighted by Gasteiger charge is -2.26. The van der Waals surface area contributed by atoms with Crippen molar-refractivity contribution in [2.75, 3.05) is 26.2 Å². The van der Waals surface area contributed by atoms with Crippen LogP contribution >= 0.6 is 0 Å². The Bertz CT molecular complexity index is 377. The number of nitrogens with zero attached hydrogens (tertiary/aromatic N) is 2. The van der Waals surface area contributed by atoms with Gasteiger partial charge in [0.25, 0.3) is 10.2 Å². The first-order valence-corrected chi connectivity index (χ1v) is 7.81. The van der Waals surface area contributed by atoms with Crippen LogP contribution in [0.25, 0.3) is 0 Å². The normalized spacial score (nSPS) is 21.6. The zero-order valence-electron chi connectivity index (χ0n) is 11.0. The zero-order chi connectivity index (χ0) is 13.8. The second-order valence-electron chi connectivity index (χ2n) is 4.59. The molecule has 1 aliphatic rings. The van der Waals surface area contributed by atoms with Gasteiger partial charge < -0.3 is 5.11 Å². The molecule has 1 heterocycles. The van der Waals surface area contributed by atoms with Gasteiger partial charge in [0.2, 0.25) is 0 Å². The molecule has 7 heteroatoms. The van der Waals surface area contributed by atoms with Crippen molar-refractivity contribution in [2.45, 2.75) is 33.1 Å². The molecule has 0 aromatic carbocycles. The quantitative estimate of drug-likeness (QED) is 0.746. The van der Waals surface area contributed by atoms with E-state index in [-0.39, 0.29) is 6.54 Å². The summed E-state index contributed by atoms with van der Waals surface area (Å²) in [5.41, 5.74) is 0. The van der Waals surface area contributed by atoms with Crippen LogP contribution in [0.3, 0.4) is 0 Å². The highest BCUT2D eigenvalue weighted by molar-refractivity contribution is 7.86. The highest BCUT2D eigenvalue weighted by Gasteiger charge is 2.37. The molecule has 1 unspecified atom stereocenters. The molecule has 0 aromatic rings. The van der Waals surface area contributed by atoms with Crippen LogP contribution in [-0.2, 0) is 15.0 Å². The first kappa shape index (κ1) is 15.4. The van der Waals surface area contributed by atoms with Crippen LogP contribution in [0.4, 0.5) is 0 Å². The van der Waals surface area contributed by atoms with Crippen LogP contribution in [0.15, 0.2) is 0 Å². The number of hydrogen-bond acceptors (Lipinski definition) is 3. The summed E-state index contributed by atoms with van der Waals surface area (Å²) in [6, 6.07) is 0. The van der Waals surface area contributed by atoms with Crippen LogP contribution in [0.2, 0.25) is 0 Å². The van der Waals surface area contributed by atoms with Crippen molar-refractivity contribution in [1.29, 1.82) is 0 Å². The molecule has 1 rings (SSSR count). The van der Waals surface area contributed by atoms with Gasteiger partial charge >= 0.3 is 5.97 Å². The Morgan fingerprint density at radius 2 is 1.89 bits per heavy atom. The van der Waals surface area contributed by atoms with Gasteiger partial charge in [-0.2, -0.15) is 17.0 Å². The molecule has 6 nitrogen and oxygen atoms in total. The lowest BCUT2D eigenvalue weighted by atomic mass is 10.1. The average molecular weight is 278 g/mol. The third kappa shape index (κ3) is 3.43. The summed E-state index contributed by atoms with van der Waals surface area (Å²) in [5, 5.41) is 8.91. The second-order valence-corrected chi connectivity index (χ2v) is 6.52. The Hall–Kier alpha value is -0.660. The predicted molar refractivity (Wildman–Crippen MR) is 68.4 cm³/mol. The molecule has 1 fully saturated rings. The number of hydrogen-bond donors (Lipinski definition) is 1. The van der Waals surface area contributed by atoms with Crippen molar-refractivity contribution in [3.63, 3.8) is 0 Å². The van der Waals surface area contributed by atoms with Gasteiger partial charge in [-0.1, -0.05) is 13.8 Å². The smallest absolute Gasteiger partial charge is 0.307 e. The summed E-state index contributed by atoms with van der Waals surface area (Å²) in [6.07, 6.45) is 1.92. The lowest BCUT2D eigenvalue weighted by Crippen LogP contribution is -2.43. The molecule has 0 aliphatic carbocycles. The molecule has 1 saturated heterocycles. The number of rotatable bonds is 7. The van der Waals surface area contributed by atoms with E-state index in [1.54, 1.807) is 0 Å². The molecule has 0 spiro atoms. The largest absolute Gasteiger partial charge is 0.481 e. The van der Waals surface area contributed by atoms with Gasteiger partial charge in [0.15, 0.2) is 0 Å². The van der Waals surface area contributed by atoms with Gasteiger partial charge in [0, 0.05) is 26.2 Å². The maximum atomic E-state index is 12.3. The van der Waals surface area contributed by atoms with Crippen LogP contribution in [0.1, 0.15) is 33.1 Å². The van der Waals surface area contributed by atoms with Gasteiger partial charge in [0.05, 0.1) is 5.92 Å². The standard InChI is InChI=1S/C11H22N2O4S/c1-3-6-12(7-4-2)18(16,17)13-8-5-10(9-13)11(14)15/h10H,3-9H2,1-2H3,(H,14,15). The first-order chi connectivity index (χ1) is 8.43. The van der Waals surface area contributed by atoms with Crippen molar-refractivity contribution >= 4 is 16.2 Å². The predicted octanol–water partition coefficient (Wildman–Crippen LogP) is 0.760. The fourth-order valence-corrected chi connectivity index (χ4v) is 4.00. The molecule has 1 atom stereocenters. The summed E-state index contributed by atoms with van der Waals surface area (Å²) in [6.45, 7) is 5.25. The molecule has 1 aliphatic heterocycles. The third-order valence-corrected chi connectivity index (χ3v) is 5.10. The van der Waals surface area contributed by atoms with E-state index < -0.39 is 22.1 Å². The minimum Gasteiger partial charge on any atom is -0.481 e. The summed E-state index contributed by atoms with van der Waals surface area (Å²) >= 11 is 0. The van der Waals surface area contributed by atoms with E-state index in [2.05, 4.69) is 0 Å². The second kappa shape index (κ2) is 6.49. The van der Waals surface area contributed by atoms with E-state index in [1.165, 1.54) is 8.61 Å². The van der Waals surface area contributed by atoms with Crippen molar-refractivity contribution in [1.82, 2.24) is 8.61 Å². The van der Waals surface area contributed by atoms with E-state index in [1.807, 2.05) is 13.8 Å². The molecule has 0 saturated carbocycles.